The largest absolute Gasteiger partial charge is 0.496 e. The van der Waals surface area contributed by atoms with Crippen molar-refractivity contribution in [2.75, 3.05) is 12.4 Å². The lowest BCUT2D eigenvalue weighted by Crippen LogP contribution is -2.30. The van der Waals surface area contributed by atoms with Gasteiger partial charge in [-0.15, -0.1) is 0 Å². The van der Waals surface area contributed by atoms with Crippen molar-refractivity contribution in [2.45, 2.75) is 17.9 Å². The summed E-state index contributed by atoms with van der Waals surface area (Å²) in [6.45, 7) is 1.31. The predicted octanol–water partition coefficient (Wildman–Crippen LogP) is 1.67. The summed E-state index contributed by atoms with van der Waals surface area (Å²) in [5.41, 5.74) is -0.0221. The number of carbonyl (C=O) groups excluding carboxylic acids is 2. The number of amides is 1. The van der Waals surface area contributed by atoms with Crippen LogP contribution >= 0.6 is 0 Å². The lowest BCUT2D eigenvalue weighted by atomic mass is 10.2. The van der Waals surface area contributed by atoms with Gasteiger partial charge in [-0.3, -0.25) is 4.79 Å². The number of ether oxygens (including phenoxy) is 2. The van der Waals surface area contributed by atoms with Crippen LogP contribution in [-0.4, -0.2) is 33.5 Å². The number of methoxy groups -OCH3 is 1. The van der Waals surface area contributed by atoms with Crippen molar-refractivity contribution in [3.63, 3.8) is 0 Å². The van der Waals surface area contributed by atoms with E-state index in [-0.39, 0.29) is 21.9 Å². The molecule has 3 N–H and O–H groups in total. The van der Waals surface area contributed by atoms with Crippen LogP contribution in [0, 0.1) is 5.82 Å². The molecule has 0 aliphatic heterocycles. The summed E-state index contributed by atoms with van der Waals surface area (Å²) in [6.07, 6.45) is -1.25. The zero-order valence-electron chi connectivity index (χ0n) is 14.4. The number of primary sulfonamides is 1. The molecule has 0 aliphatic rings. The Labute approximate surface area is 155 Å². The maximum Gasteiger partial charge on any atom is 0.342 e. The number of hydrogen-bond donors (Lipinski definition) is 2. The summed E-state index contributed by atoms with van der Waals surface area (Å²) < 4.78 is 46.1. The molecule has 2 aromatic rings. The number of benzene rings is 2. The zero-order valence-corrected chi connectivity index (χ0v) is 15.2. The summed E-state index contributed by atoms with van der Waals surface area (Å²) in [6, 6.07) is 8.60. The minimum Gasteiger partial charge on any atom is -0.496 e. The first-order valence-corrected chi connectivity index (χ1v) is 9.14. The van der Waals surface area contributed by atoms with Crippen LogP contribution in [0.1, 0.15) is 17.3 Å². The summed E-state index contributed by atoms with van der Waals surface area (Å²) in [5, 5.41) is 7.45. The van der Waals surface area contributed by atoms with E-state index < -0.39 is 33.8 Å². The van der Waals surface area contributed by atoms with E-state index in [2.05, 4.69) is 5.32 Å². The molecule has 0 aromatic heterocycles. The molecule has 0 heterocycles. The summed E-state index contributed by atoms with van der Waals surface area (Å²) in [5.74, 6) is -2.18. The van der Waals surface area contributed by atoms with E-state index in [9.17, 15) is 22.4 Å². The van der Waals surface area contributed by atoms with Crippen LogP contribution in [0.15, 0.2) is 47.4 Å². The number of sulfonamides is 1. The molecule has 1 atom stereocenters. The average Bonchev–Trinajstić information content (AvgIpc) is 2.60. The zero-order chi connectivity index (χ0) is 20.2. The third kappa shape index (κ3) is 5.25. The molecule has 10 heteroatoms. The Hall–Kier alpha value is -2.98. The van der Waals surface area contributed by atoms with Crippen LogP contribution in [0.5, 0.6) is 5.75 Å². The Morgan fingerprint density at radius 1 is 1.19 bits per heavy atom. The molecule has 2 aromatic carbocycles. The highest BCUT2D eigenvalue weighted by atomic mass is 32.2. The van der Waals surface area contributed by atoms with Gasteiger partial charge in [-0.1, -0.05) is 6.07 Å². The van der Waals surface area contributed by atoms with Gasteiger partial charge in [-0.2, -0.15) is 0 Å². The van der Waals surface area contributed by atoms with Crippen LogP contribution in [0.4, 0.5) is 10.1 Å². The normalized spacial score (nSPS) is 12.1. The van der Waals surface area contributed by atoms with Crippen molar-refractivity contribution >= 4 is 27.6 Å². The second kappa shape index (κ2) is 8.14. The van der Waals surface area contributed by atoms with E-state index >= 15 is 0 Å². The monoisotopic (exact) mass is 396 g/mol. The fourth-order valence-corrected chi connectivity index (χ4v) is 2.65. The van der Waals surface area contributed by atoms with Crippen molar-refractivity contribution < 1.29 is 31.9 Å². The van der Waals surface area contributed by atoms with Gasteiger partial charge >= 0.3 is 5.97 Å². The minimum absolute atomic E-state index is 0.0464. The minimum atomic E-state index is -4.05. The molecule has 0 spiro atoms. The van der Waals surface area contributed by atoms with E-state index in [1.54, 1.807) is 0 Å². The van der Waals surface area contributed by atoms with Gasteiger partial charge < -0.3 is 14.8 Å². The molecule has 0 aliphatic carbocycles. The van der Waals surface area contributed by atoms with E-state index in [4.69, 9.17) is 14.6 Å². The molecule has 0 bridgehead atoms. The van der Waals surface area contributed by atoms with Crippen molar-refractivity contribution in [1.82, 2.24) is 0 Å². The average molecular weight is 396 g/mol. The SMILES string of the molecule is COc1ccc(S(N)(=O)=O)cc1C(=O)OC(C)C(=O)Nc1cccc(F)c1. The van der Waals surface area contributed by atoms with Crippen molar-refractivity contribution in [2.24, 2.45) is 5.14 Å². The Bertz CT molecular complexity index is 977. The van der Waals surface area contributed by atoms with Gasteiger partial charge in [-0.05, 0) is 43.3 Å². The highest BCUT2D eigenvalue weighted by molar-refractivity contribution is 7.89. The number of anilines is 1. The standard InChI is InChI=1S/C17H17FN2O6S/c1-10(16(21)20-12-5-3-4-11(18)8-12)26-17(22)14-9-13(27(19,23)24)6-7-15(14)25-2/h3-10H,1-2H3,(H,20,21)(H2,19,23,24). The number of halogens is 1. The lowest BCUT2D eigenvalue weighted by Gasteiger charge is -2.15. The molecule has 0 saturated carbocycles. The smallest absolute Gasteiger partial charge is 0.342 e. The van der Waals surface area contributed by atoms with Gasteiger partial charge in [0.1, 0.15) is 17.1 Å². The highest BCUT2D eigenvalue weighted by Crippen LogP contribution is 2.23. The number of hydrogen-bond acceptors (Lipinski definition) is 6. The van der Waals surface area contributed by atoms with E-state index in [0.29, 0.717) is 0 Å². The summed E-state index contributed by atoms with van der Waals surface area (Å²) in [4.78, 5) is 24.1. The van der Waals surface area contributed by atoms with Gasteiger partial charge in [0.05, 0.1) is 12.0 Å². The fourth-order valence-electron chi connectivity index (χ4n) is 2.11. The third-order valence-electron chi connectivity index (χ3n) is 3.46. The number of nitrogens with two attached hydrogens (primary N) is 1. The van der Waals surface area contributed by atoms with E-state index in [0.717, 1.165) is 12.1 Å². The molecule has 27 heavy (non-hydrogen) atoms. The van der Waals surface area contributed by atoms with E-state index in [1.807, 2.05) is 0 Å². The van der Waals surface area contributed by atoms with Crippen LogP contribution in [0.25, 0.3) is 0 Å². The number of rotatable bonds is 6. The van der Waals surface area contributed by atoms with Gasteiger partial charge in [-0.25, -0.2) is 22.7 Å². The van der Waals surface area contributed by atoms with Crippen molar-refractivity contribution in [1.29, 1.82) is 0 Å². The van der Waals surface area contributed by atoms with Gasteiger partial charge in [0.25, 0.3) is 5.91 Å². The van der Waals surface area contributed by atoms with Crippen molar-refractivity contribution in [3.05, 3.63) is 53.8 Å². The maximum absolute atomic E-state index is 13.2. The highest BCUT2D eigenvalue weighted by Gasteiger charge is 2.23. The van der Waals surface area contributed by atoms with Gasteiger partial charge in [0.15, 0.2) is 6.10 Å². The molecule has 0 saturated heterocycles. The van der Waals surface area contributed by atoms with E-state index in [1.165, 1.54) is 44.4 Å². The molecular weight excluding hydrogens is 379 g/mol. The molecule has 0 radical (unpaired) electrons. The Kier molecular flexibility index (Phi) is 6.13. The number of nitrogens with one attached hydrogen (secondary N) is 1. The second-order valence-corrected chi connectivity index (χ2v) is 7.02. The fraction of sp³-hybridized carbons (Fsp3) is 0.176. The topological polar surface area (TPSA) is 125 Å². The molecule has 2 rings (SSSR count). The van der Waals surface area contributed by atoms with Gasteiger partial charge in [0.2, 0.25) is 10.0 Å². The Morgan fingerprint density at radius 3 is 2.48 bits per heavy atom. The predicted molar refractivity (Wildman–Crippen MR) is 94.3 cm³/mol. The van der Waals surface area contributed by atoms with Crippen LogP contribution < -0.4 is 15.2 Å². The number of carbonyl (C=O) groups is 2. The van der Waals surface area contributed by atoms with Crippen LogP contribution in [0.2, 0.25) is 0 Å². The van der Waals surface area contributed by atoms with Gasteiger partial charge in [0, 0.05) is 5.69 Å². The Balaban J connectivity index is 2.17. The summed E-state index contributed by atoms with van der Waals surface area (Å²) >= 11 is 0. The second-order valence-electron chi connectivity index (χ2n) is 5.45. The first-order chi connectivity index (χ1) is 12.6. The molecule has 0 fully saturated rings. The Morgan fingerprint density at radius 2 is 1.89 bits per heavy atom. The molecule has 8 nitrogen and oxygen atoms in total. The van der Waals surface area contributed by atoms with Crippen LogP contribution in [0.3, 0.4) is 0 Å². The van der Waals surface area contributed by atoms with Crippen LogP contribution in [-0.2, 0) is 19.6 Å². The molecule has 1 unspecified atom stereocenters. The third-order valence-corrected chi connectivity index (χ3v) is 4.38. The number of esters is 1. The first kappa shape index (κ1) is 20.3. The molecule has 144 valence electrons. The quantitative estimate of drug-likeness (QED) is 0.716. The first-order valence-electron chi connectivity index (χ1n) is 7.60. The van der Waals surface area contributed by atoms with Crippen molar-refractivity contribution in [3.8, 4) is 5.75 Å². The molecule has 1 amide bonds. The maximum atomic E-state index is 13.2. The lowest BCUT2D eigenvalue weighted by molar-refractivity contribution is -0.123. The molecular formula is C17H17FN2O6S. The summed E-state index contributed by atoms with van der Waals surface area (Å²) in [7, 11) is -2.77.